The normalized spacial score (nSPS) is 21.9. The van der Waals surface area contributed by atoms with Gasteiger partial charge in [0.25, 0.3) is 5.91 Å². The Kier molecular flexibility index (Phi) is 6.70. The predicted molar refractivity (Wildman–Crippen MR) is 115 cm³/mol. The molecule has 0 spiro atoms. The maximum atomic E-state index is 12.8. The molecule has 1 aliphatic carbocycles. The molecular weight excluding hydrogens is 378 g/mol. The molecule has 1 atom stereocenters. The van der Waals surface area contributed by atoms with Gasteiger partial charge in [0.2, 0.25) is 5.91 Å². The van der Waals surface area contributed by atoms with E-state index in [0.717, 1.165) is 37.7 Å². The van der Waals surface area contributed by atoms with Gasteiger partial charge in [-0.3, -0.25) is 14.5 Å². The van der Waals surface area contributed by atoms with Gasteiger partial charge in [-0.15, -0.1) is 0 Å². The summed E-state index contributed by atoms with van der Waals surface area (Å²) in [5, 5.41) is 3.18. The lowest BCUT2D eigenvalue weighted by Gasteiger charge is -2.28. The van der Waals surface area contributed by atoms with Crippen molar-refractivity contribution in [3.63, 3.8) is 0 Å². The van der Waals surface area contributed by atoms with Gasteiger partial charge in [-0.2, -0.15) is 0 Å². The summed E-state index contributed by atoms with van der Waals surface area (Å²) in [4.78, 5) is 40.8. The van der Waals surface area contributed by atoms with Crippen LogP contribution in [0.25, 0.3) is 0 Å². The zero-order valence-electron chi connectivity index (χ0n) is 17.8. The molecule has 2 fully saturated rings. The Hall–Kier alpha value is -2.37. The number of urea groups is 1. The minimum Gasteiger partial charge on any atom is -0.353 e. The zero-order valence-corrected chi connectivity index (χ0v) is 17.8. The number of carbonyl (C=O) groups is 3. The molecule has 2 aliphatic heterocycles. The van der Waals surface area contributed by atoms with Crippen molar-refractivity contribution in [1.82, 2.24) is 15.1 Å². The molecule has 0 radical (unpaired) electrons. The number of hydrogen-bond acceptors (Lipinski definition) is 3. The average Bonchev–Trinajstić information content (AvgIpc) is 2.92. The molecule has 4 rings (SSSR count). The molecule has 6 heteroatoms. The van der Waals surface area contributed by atoms with E-state index in [1.165, 1.54) is 36.1 Å². The molecular formula is C24H33N3O3. The second kappa shape index (κ2) is 9.63. The third-order valence-electron chi connectivity index (χ3n) is 6.78. The summed E-state index contributed by atoms with van der Waals surface area (Å²) >= 11 is 0. The Morgan fingerprint density at radius 3 is 2.47 bits per heavy atom. The first-order valence-corrected chi connectivity index (χ1v) is 11.6. The van der Waals surface area contributed by atoms with Crippen LogP contribution in [0.5, 0.6) is 0 Å². The summed E-state index contributed by atoms with van der Waals surface area (Å²) in [6.07, 6.45) is 10.7. The lowest BCUT2D eigenvalue weighted by molar-refractivity contribution is -0.128. The molecule has 0 bridgehead atoms. The molecule has 1 saturated heterocycles. The number of nitrogens with zero attached hydrogens (tertiary/aromatic N) is 2. The standard InChI is InChI=1S/C24H33N3O3/c28-22(25-20-12-4-1-2-5-13-20)14-6-3-9-15-26-23(29)21-16-18-10-7-8-11-19(18)17-27(21)24(26)30/h7-8,10-11,20-21H,1-6,9,12-17H2,(H,25,28)/t21-/m0/s1. The second-order valence-corrected chi connectivity index (χ2v) is 8.96. The van der Waals surface area contributed by atoms with Crippen molar-refractivity contribution >= 4 is 17.8 Å². The van der Waals surface area contributed by atoms with Crippen molar-refractivity contribution in [3.8, 4) is 0 Å². The van der Waals surface area contributed by atoms with Crippen LogP contribution in [0.1, 0.15) is 75.3 Å². The van der Waals surface area contributed by atoms with Crippen molar-refractivity contribution < 1.29 is 14.4 Å². The van der Waals surface area contributed by atoms with E-state index >= 15 is 0 Å². The number of hydrogen-bond donors (Lipinski definition) is 1. The van der Waals surface area contributed by atoms with Gasteiger partial charge >= 0.3 is 6.03 Å². The predicted octanol–water partition coefficient (Wildman–Crippen LogP) is 3.77. The number of amides is 4. The van der Waals surface area contributed by atoms with Crippen LogP contribution in [0.2, 0.25) is 0 Å². The molecule has 2 heterocycles. The van der Waals surface area contributed by atoms with E-state index in [9.17, 15) is 14.4 Å². The topological polar surface area (TPSA) is 69.7 Å². The van der Waals surface area contributed by atoms with E-state index in [1.807, 2.05) is 24.3 Å². The van der Waals surface area contributed by atoms with Crippen LogP contribution in [-0.4, -0.2) is 46.3 Å². The van der Waals surface area contributed by atoms with E-state index in [2.05, 4.69) is 5.32 Å². The highest BCUT2D eigenvalue weighted by Crippen LogP contribution is 2.30. The molecule has 1 aromatic rings. The van der Waals surface area contributed by atoms with E-state index in [1.54, 1.807) is 4.90 Å². The van der Waals surface area contributed by atoms with Crippen molar-refractivity contribution in [2.75, 3.05) is 6.54 Å². The maximum Gasteiger partial charge on any atom is 0.327 e. The highest BCUT2D eigenvalue weighted by atomic mass is 16.2. The zero-order chi connectivity index (χ0) is 20.9. The molecule has 1 aromatic carbocycles. The largest absolute Gasteiger partial charge is 0.353 e. The lowest BCUT2D eigenvalue weighted by atomic mass is 9.95. The molecule has 6 nitrogen and oxygen atoms in total. The number of imide groups is 1. The third-order valence-corrected chi connectivity index (χ3v) is 6.78. The van der Waals surface area contributed by atoms with Gasteiger partial charge in [-0.05, 0) is 36.8 Å². The fourth-order valence-corrected chi connectivity index (χ4v) is 5.04. The molecule has 4 amide bonds. The summed E-state index contributed by atoms with van der Waals surface area (Å²) in [6, 6.07) is 7.88. The Bertz CT molecular complexity index is 743. The first-order chi connectivity index (χ1) is 14.6. The van der Waals surface area contributed by atoms with Crippen LogP contribution in [0.3, 0.4) is 0 Å². The number of benzene rings is 1. The quantitative estimate of drug-likeness (QED) is 0.422. The summed E-state index contributed by atoms with van der Waals surface area (Å²) < 4.78 is 0. The summed E-state index contributed by atoms with van der Waals surface area (Å²) in [6.45, 7) is 0.967. The van der Waals surface area contributed by atoms with Crippen LogP contribution >= 0.6 is 0 Å². The number of carbonyl (C=O) groups excluding carboxylic acids is 3. The van der Waals surface area contributed by atoms with E-state index < -0.39 is 0 Å². The average molecular weight is 412 g/mol. The Balaban J connectivity index is 1.18. The number of fused-ring (bicyclic) bond motifs is 2. The maximum absolute atomic E-state index is 12.8. The first kappa shape index (κ1) is 20.9. The SMILES string of the molecule is O=C(CCCCCN1C(=O)[C@@H]2Cc3ccccc3CN2C1=O)NC1CCCCCC1. The number of nitrogens with one attached hydrogen (secondary N) is 1. The highest BCUT2D eigenvalue weighted by molar-refractivity contribution is 6.04. The van der Waals surface area contributed by atoms with Crippen LogP contribution < -0.4 is 5.32 Å². The van der Waals surface area contributed by atoms with Crippen LogP contribution in [0.15, 0.2) is 24.3 Å². The first-order valence-electron chi connectivity index (χ1n) is 11.6. The Labute approximate surface area is 179 Å². The van der Waals surface area contributed by atoms with E-state index in [4.69, 9.17) is 0 Å². The van der Waals surface area contributed by atoms with E-state index in [-0.39, 0.29) is 23.9 Å². The number of unbranched alkanes of at least 4 members (excludes halogenated alkanes) is 2. The Morgan fingerprint density at radius 2 is 1.70 bits per heavy atom. The smallest absolute Gasteiger partial charge is 0.327 e. The third kappa shape index (κ3) is 4.68. The highest BCUT2D eigenvalue weighted by Gasteiger charge is 2.46. The summed E-state index contributed by atoms with van der Waals surface area (Å²) in [5.41, 5.74) is 2.30. The number of rotatable bonds is 7. The van der Waals surface area contributed by atoms with Crippen LogP contribution in [0, 0.1) is 0 Å². The van der Waals surface area contributed by atoms with Gasteiger partial charge in [0, 0.05) is 32.0 Å². The Morgan fingerprint density at radius 1 is 0.967 bits per heavy atom. The van der Waals surface area contributed by atoms with Gasteiger partial charge in [-0.1, -0.05) is 56.4 Å². The molecule has 0 unspecified atom stereocenters. The minimum atomic E-state index is -0.349. The monoisotopic (exact) mass is 411 g/mol. The van der Waals surface area contributed by atoms with Crippen molar-refractivity contribution in [1.29, 1.82) is 0 Å². The molecule has 1 N–H and O–H groups in total. The minimum absolute atomic E-state index is 0.0689. The molecule has 0 aromatic heterocycles. The summed E-state index contributed by atoms with van der Waals surface area (Å²) in [7, 11) is 0. The molecule has 162 valence electrons. The van der Waals surface area contributed by atoms with Crippen molar-refractivity contribution in [3.05, 3.63) is 35.4 Å². The fourth-order valence-electron chi connectivity index (χ4n) is 5.04. The second-order valence-electron chi connectivity index (χ2n) is 8.96. The van der Waals surface area contributed by atoms with Gasteiger partial charge in [0.1, 0.15) is 6.04 Å². The molecule has 1 saturated carbocycles. The lowest BCUT2D eigenvalue weighted by Crippen LogP contribution is -2.39. The molecule has 30 heavy (non-hydrogen) atoms. The van der Waals surface area contributed by atoms with Crippen molar-refractivity contribution in [2.24, 2.45) is 0 Å². The molecule has 3 aliphatic rings. The van der Waals surface area contributed by atoms with Gasteiger partial charge in [-0.25, -0.2) is 4.79 Å². The van der Waals surface area contributed by atoms with Crippen LogP contribution in [-0.2, 0) is 22.6 Å². The van der Waals surface area contributed by atoms with E-state index in [0.29, 0.717) is 32.0 Å². The van der Waals surface area contributed by atoms with Crippen molar-refractivity contribution in [2.45, 2.75) is 89.3 Å². The van der Waals surface area contributed by atoms with Gasteiger partial charge in [0.05, 0.1) is 0 Å². The van der Waals surface area contributed by atoms with Gasteiger partial charge < -0.3 is 10.2 Å². The fraction of sp³-hybridized carbons (Fsp3) is 0.625. The van der Waals surface area contributed by atoms with Gasteiger partial charge in [0.15, 0.2) is 0 Å². The van der Waals surface area contributed by atoms with Crippen LogP contribution in [0.4, 0.5) is 4.79 Å². The summed E-state index contributed by atoms with van der Waals surface area (Å²) in [5.74, 6) is 0.0748.